The Labute approximate surface area is 114 Å². The number of carbonyl (C=O) groups is 1. The predicted molar refractivity (Wildman–Crippen MR) is 71.2 cm³/mol. The first-order valence-electron chi connectivity index (χ1n) is 6.10. The van der Waals surface area contributed by atoms with E-state index >= 15 is 0 Å². The molecule has 1 aliphatic heterocycles. The first kappa shape index (κ1) is 12.1. The van der Waals surface area contributed by atoms with Gasteiger partial charge < -0.3 is 15.8 Å². The number of amides is 1. The Balaban J connectivity index is 1.68. The van der Waals surface area contributed by atoms with Gasteiger partial charge in [0.2, 0.25) is 0 Å². The Morgan fingerprint density at radius 3 is 3.11 bits per heavy atom. The Morgan fingerprint density at radius 2 is 2.33 bits per heavy atom. The van der Waals surface area contributed by atoms with Crippen LogP contribution in [0.2, 0.25) is 0 Å². The molecule has 4 atom stereocenters. The summed E-state index contributed by atoms with van der Waals surface area (Å²) >= 11 is 3.36. The maximum absolute atomic E-state index is 12.1. The molecule has 2 fully saturated rings. The van der Waals surface area contributed by atoms with Gasteiger partial charge in [0, 0.05) is 28.6 Å². The van der Waals surface area contributed by atoms with Gasteiger partial charge in [-0.3, -0.25) is 4.79 Å². The molecule has 96 valence electrons. The lowest BCUT2D eigenvalue weighted by atomic mass is 9.72. The van der Waals surface area contributed by atoms with Crippen molar-refractivity contribution < 1.29 is 9.53 Å². The second-order valence-corrected chi connectivity index (χ2v) is 5.79. The molecule has 1 aliphatic carbocycles. The third kappa shape index (κ3) is 1.96. The minimum Gasteiger partial charge on any atom is -0.376 e. The van der Waals surface area contributed by atoms with Crippen LogP contribution in [0.1, 0.15) is 16.8 Å². The largest absolute Gasteiger partial charge is 0.376 e. The summed E-state index contributed by atoms with van der Waals surface area (Å²) in [5, 5.41) is 2.97. The van der Waals surface area contributed by atoms with Gasteiger partial charge in [0.1, 0.15) is 0 Å². The van der Waals surface area contributed by atoms with Crippen molar-refractivity contribution in [2.24, 2.45) is 11.7 Å². The van der Waals surface area contributed by atoms with Crippen molar-refractivity contribution in [3.63, 3.8) is 0 Å². The fraction of sp³-hybridized carbons (Fsp3) is 0.462. The van der Waals surface area contributed by atoms with E-state index in [1.807, 2.05) is 12.1 Å². The lowest BCUT2D eigenvalue weighted by Crippen LogP contribution is -2.68. The standard InChI is InChI=1S/C13H15BrN2O2/c14-8-3-1-2-7(6-8)13(17)16-11-10(15)9-4-5-18-12(9)11/h1-3,6,9-12H,4-5,15H2,(H,16,17). The van der Waals surface area contributed by atoms with E-state index in [-0.39, 0.29) is 24.1 Å². The molecule has 1 aromatic carbocycles. The Bertz CT molecular complexity index is 480. The number of nitrogens with one attached hydrogen (secondary N) is 1. The summed E-state index contributed by atoms with van der Waals surface area (Å²) in [4.78, 5) is 12.1. The van der Waals surface area contributed by atoms with Crippen molar-refractivity contribution >= 4 is 21.8 Å². The number of rotatable bonds is 2. The normalized spacial score (nSPS) is 33.7. The van der Waals surface area contributed by atoms with Gasteiger partial charge in [0.15, 0.2) is 0 Å². The Hall–Kier alpha value is -0.910. The molecule has 5 heteroatoms. The zero-order valence-electron chi connectivity index (χ0n) is 9.80. The molecular weight excluding hydrogens is 296 g/mol. The van der Waals surface area contributed by atoms with Crippen LogP contribution < -0.4 is 11.1 Å². The summed E-state index contributed by atoms with van der Waals surface area (Å²) in [6, 6.07) is 7.29. The number of fused-ring (bicyclic) bond motifs is 1. The first-order chi connectivity index (χ1) is 8.66. The number of halogens is 1. The van der Waals surface area contributed by atoms with E-state index in [9.17, 15) is 4.79 Å². The highest BCUT2D eigenvalue weighted by Gasteiger charge is 2.52. The zero-order chi connectivity index (χ0) is 12.7. The fourth-order valence-corrected chi connectivity index (χ4v) is 3.19. The highest BCUT2D eigenvalue weighted by atomic mass is 79.9. The van der Waals surface area contributed by atoms with E-state index in [0.717, 1.165) is 17.5 Å². The maximum Gasteiger partial charge on any atom is 0.251 e. The van der Waals surface area contributed by atoms with E-state index in [2.05, 4.69) is 21.2 Å². The minimum absolute atomic E-state index is 0.0219. The van der Waals surface area contributed by atoms with Crippen LogP contribution in [0.3, 0.4) is 0 Å². The molecule has 0 spiro atoms. The summed E-state index contributed by atoms with van der Waals surface area (Å²) in [6.45, 7) is 0.756. The summed E-state index contributed by atoms with van der Waals surface area (Å²) < 4.78 is 6.48. The lowest BCUT2D eigenvalue weighted by molar-refractivity contribution is -0.0161. The molecule has 2 aliphatic rings. The van der Waals surface area contributed by atoms with Gasteiger partial charge >= 0.3 is 0 Å². The average molecular weight is 311 g/mol. The van der Waals surface area contributed by atoms with E-state index in [1.54, 1.807) is 12.1 Å². The molecule has 3 rings (SSSR count). The van der Waals surface area contributed by atoms with Crippen LogP contribution in [0.4, 0.5) is 0 Å². The monoisotopic (exact) mass is 310 g/mol. The van der Waals surface area contributed by atoms with Crippen molar-refractivity contribution in [3.8, 4) is 0 Å². The first-order valence-corrected chi connectivity index (χ1v) is 6.90. The van der Waals surface area contributed by atoms with Crippen LogP contribution in [0, 0.1) is 5.92 Å². The summed E-state index contributed by atoms with van der Waals surface area (Å²) in [5.41, 5.74) is 6.70. The third-order valence-corrected chi connectivity index (χ3v) is 4.32. The van der Waals surface area contributed by atoms with Crippen LogP contribution >= 0.6 is 15.9 Å². The van der Waals surface area contributed by atoms with Gasteiger partial charge in [0.05, 0.1) is 12.1 Å². The minimum atomic E-state index is -0.0919. The molecule has 1 saturated heterocycles. The van der Waals surface area contributed by atoms with Crippen molar-refractivity contribution in [2.75, 3.05) is 6.61 Å². The van der Waals surface area contributed by atoms with Gasteiger partial charge in [-0.2, -0.15) is 0 Å². The summed E-state index contributed by atoms with van der Waals surface area (Å²) in [6.07, 6.45) is 1.12. The number of carbonyl (C=O) groups excluding carboxylic acids is 1. The van der Waals surface area contributed by atoms with Crippen LogP contribution in [-0.4, -0.2) is 30.7 Å². The molecule has 18 heavy (non-hydrogen) atoms. The highest BCUT2D eigenvalue weighted by Crippen LogP contribution is 2.37. The zero-order valence-corrected chi connectivity index (χ0v) is 11.4. The van der Waals surface area contributed by atoms with Crippen molar-refractivity contribution in [2.45, 2.75) is 24.6 Å². The van der Waals surface area contributed by atoms with Crippen LogP contribution in [0.5, 0.6) is 0 Å². The van der Waals surface area contributed by atoms with Crippen molar-refractivity contribution in [1.29, 1.82) is 0 Å². The molecule has 4 unspecified atom stereocenters. The van der Waals surface area contributed by atoms with E-state index in [0.29, 0.717) is 11.5 Å². The van der Waals surface area contributed by atoms with Gasteiger partial charge in [-0.15, -0.1) is 0 Å². The van der Waals surface area contributed by atoms with Gasteiger partial charge in [-0.1, -0.05) is 22.0 Å². The van der Waals surface area contributed by atoms with Crippen LogP contribution in [-0.2, 0) is 4.74 Å². The second kappa shape index (κ2) is 4.64. The molecule has 0 bridgehead atoms. The smallest absolute Gasteiger partial charge is 0.251 e. The number of ether oxygens (including phenoxy) is 1. The highest BCUT2D eigenvalue weighted by molar-refractivity contribution is 9.10. The molecule has 3 N–H and O–H groups in total. The van der Waals surface area contributed by atoms with E-state index in [4.69, 9.17) is 10.5 Å². The Kier molecular flexibility index (Phi) is 3.13. The lowest BCUT2D eigenvalue weighted by Gasteiger charge is -2.45. The quantitative estimate of drug-likeness (QED) is 0.865. The molecule has 1 amide bonds. The maximum atomic E-state index is 12.1. The molecule has 1 saturated carbocycles. The molecule has 1 heterocycles. The van der Waals surface area contributed by atoms with Gasteiger partial charge in [-0.25, -0.2) is 0 Å². The summed E-state index contributed by atoms with van der Waals surface area (Å²) in [5.74, 6) is 0.323. The molecule has 0 radical (unpaired) electrons. The summed E-state index contributed by atoms with van der Waals surface area (Å²) in [7, 11) is 0. The fourth-order valence-electron chi connectivity index (χ4n) is 2.79. The van der Waals surface area contributed by atoms with Crippen LogP contribution in [0.15, 0.2) is 28.7 Å². The number of hydrogen-bond donors (Lipinski definition) is 2. The van der Waals surface area contributed by atoms with Crippen LogP contribution in [0.25, 0.3) is 0 Å². The number of benzene rings is 1. The molecular formula is C13H15BrN2O2. The molecule has 1 aromatic rings. The molecule has 0 aromatic heterocycles. The number of nitrogens with two attached hydrogens (primary N) is 1. The van der Waals surface area contributed by atoms with E-state index < -0.39 is 0 Å². The van der Waals surface area contributed by atoms with Crippen molar-refractivity contribution in [1.82, 2.24) is 5.32 Å². The number of hydrogen-bond acceptors (Lipinski definition) is 3. The second-order valence-electron chi connectivity index (χ2n) is 4.87. The average Bonchev–Trinajstić information content (AvgIpc) is 2.80. The molecule has 4 nitrogen and oxygen atoms in total. The van der Waals surface area contributed by atoms with Crippen molar-refractivity contribution in [3.05, 3.63) is 34.3 Å². The topological polar surface area (TPSA) is 64.3 Å². The predicted octanol–water partition coefficient (Wildman–Crippen LogP) is 1.29. The van der Waals surface area contributed by atoms with Gasteiger partial charge in [-0.05, 0) is 24.6 Å². The SMILES string of the molecule is NC1C2CCOC2C1NC(=O)c1cccc(Br)c1. The third-order valence-electron chi connectivity index (χ3n) is 3.83. The van der Waals surface area contributed by atoms with E-state index in [1.165, 1.54) is 0 Å². The Morgan fingerprint density at radius 1 is 1.50 bits per heavy atom. The van der Waals surface area contributed by atoms with Gasteiger partial charge in [0.25, 0.3) is 5.91 Å².